The van der Waals surface area contributed by atoms with Gasteiger partial charge in [0, 0.05) is 37.3 Å². The summed E-state index contributed by atoms with van der Waals surface area (Å²) in [5, 5.41) is 0.572. The van der Waals surface area contributed by atoms with E-state index in [0.717, 1.165) is 23.2 Å². The van der Waals surface area contributed by atoms with E-state index in [0.29, 0.717) is 55.0 Å². The quantitative estimate of drug-likeness (QED) is 0.409. The molecule has 1 fully saturated rings. The second kappa shape index (κ2) is 11.5. The normalized spacial score (nSPS) is 15.6. The van der Waals surface area contributed by atoms with E-state index in [2.05, 4.69) is 4.90 Å². The maximum absolute atomic E-state index is 13.6. The monoisotopic (exact) mass is 568 g/mol. The third-order valence-electron chi connectivity index (χ3n) is 6.04. The van der Waals surface area contributed by atoms with Crippen LogP contribution in [0.4, 0.5) is 5.13 Å². The molecule has 2 aliphatic rings. The summed E-state index contributed by atoms with van der Waals surface area (Å²) in [6, 6.07) is 9.83. The molecule has 0 spiro atoms. The van der Waals surface area contributed by atoms with Crippen molar-refractivity contribution in [3.63, 3.8) is 0 Å². The largest absolute Gasteiger partial charge is 0.454 e. The van der Waals surface area contributed by atoms with Crippen molar-refractivity contribution in [2.24, 2.45) is 0 Å². The zero-order chi connectivity index (χ0) is 25.3. The van der Waals surface area contributed by atoms with E-state index >= 15 is 0 Å². The van der Waals surface area contributed by atoms with Crippen LogP contribution >= 0.6 is 23.7 Å². The molecule has 1 aromatic heterocycles. The Kier molecular flexibility index (Phi) is 8.56. The summed E-state index contributed by atoms with van der Waals surface area (Å²) in [5.41, 5.74) is 1.13. The van der Waals surface area contributed by atoms with Gasteiger partial charge in [-0.25, -0.2) is 13.4 Å². The van der Waals surface area contributed by atoms with Gasteiger partial charge >= 0.3 is 0 Å². The van der Waals surface area contributed by atoms with E-state index in [9.17, 15) is 13.2 Å². The summed E-state index contributed by atoms with van der Waals surface area (Å²) < 4.78 is 44.4. The number of carbonyl (C=O) groups is 1. The van der Waals surface area contributed by atoms with Crippen LogP contribution in [0.2, 0.25) is 0 Å². The van der Waals surface area contributed by atoms with Gasteiger partial charge in [0.1, 0.15) is 0 Å². The topological polar surface area (TPSA) is 102 Å². The molecule has 0 N–H and O–H groups in total. The first-order valence-corrected chi connectivity index (χ1v) is 13.9. The Morgan fingerprint density at radius 1 is 1.05 bits per heavy atom. The van der Waals surface area contributed by atoms with Gasteiger partial charge in [-0.2, -0.15) is 4.31 Å². The number of morpholine rings is 1. The predicted molar refractivity (Wildman–Crippen MR) is 144 cm³/mol. The summed E-state index contributed by atoms with van der Waals surface area (Å²) in [7, 11) is 0.336. The molecule has 0 saturated carbocycles. The van der Waals surface area contributed by atoms with E-state index in [-0.39, 0.29) is 30.0 Å². The number of hydrogen-bond donors (Lipinski definition) is 0. The SMILES string of the molecule is CN(C)CCCN(C(=O)c1ccc(S(=O)(=O)N2CCOCC2)cc1)c1nc2cc3c(cc2s1)OCO3.Cl. The van der Waals surface area contributed by atoms with Crippen LogP contribution < -0.4 is 14.4 Å². The first-order valence-electron chi connectivity index (χ1n) is 11.7. The van der Waals surface area contributed by atoms with Crippen molar-refractivity contribution in [2.45, 2.75) is 11.3 Å². The first-order chi connectivity index (χ1) is 17.3. The maximum Gasteiger partial charge on any atom is 0.260 e. The van der Waals surface area contributed by atoms with Crippen LogP contribution in [0, 0.1) is 0 Å². The molecule has 0 radical (unpaired) electrons. The number of aromatic nitrogens is 1. The number of anilines is 1. The fraction of sp³-hybridized carbons (Fsp3) is 0.417. The lowest BCUT2D eigenvalue weighted by Gasteiger charge is -2.26. The summed E-state index contributed by atoms with van der Waals surface area (Å²) in [4.78, 5) is 22.2. The standard InChI is InChI=1S/C24H28N4O6S2.ClH/c1-26(2)8-3-9-28(24-25-19-14-20-21(34-16-33-20)15-22(19)35-24)23(29)17-4-6-18(7-5-17)36(30,31)27-10-12-32-13-11-27;/h4-7,14-15H,3,8-13,16H2,1-2H3;1H. The van der Waals surface area contributed by atoms with Crippen LogP contribution in [0.5, 0.6) is 11.5 Å². The highest BCUT2D eigenvalue weighted by Crippen LogP contribution is 2.40. The molecule has 3 aromatic rings. The minimum atomic E-state index is -3.63. The molecule has 37 heavy (non-hydrogen) atoms. The van der Waals surface area contributed by atoms with Crippen molar-refractivity contribution in [2.75, 3.05) is 65.2 Å². The van der Waals surface area contributed by atoms with Crippen molar-refractivity contribution in [3.05, 3.63) is 42.0 Å². The van der Waals surface area contributed by atoms with Crippen molar-refractivity contribution in [1.82, 2.24) is 14.2 Å². The summed E-state index contributed by atoms with van der Waals surface area (Å²) >= 11 is 1.41. The van der Waals surface area contributed by atoms with E-state index < -0.39 is 10.0 Å². The molecule has 10 nitrogen and oxygen atoms in total. The number of fused-ring (bicyclic) bond motifs is 2. The highest BCUT2D eigenvalue weighted by Gasteiger charge is 2.28. The van der Waals surface area contributed by atoms with Crippen LogP contribution in [-0.2, 0) is 14.8 Å². The Bertz CT molecular complexity index is 1320. The van der Waals surface area contributed by atoms with Crippen molar-refractivity contribution in [1.29, 1.82) is 0 Å². The number of hydrogen-bond acceptors (Lipinski definition) is 9. The molecule has 0 atom stereocenters. The number of benzene rings is 2. The van der Waals surface area contributed by atoms with Crippen molar-refractivity contribution >= 4 is 55.0 Å². The minimum Gasteiger partial charge on any atom is -0.454 e. The molecule has 2 aliphatic heterocycles. The molecule has 0 unspecified atom stereocenters. The van der Waals surface area contributed by atoms with E-state index in [1.807, 2.05) is 26.2 Å². The Hall–Kier alpha value is -2.48. The Morgan fingerprint density at radius 3 is 2.41 bits per heavy atom. The number of rotatable bonds is 8. The third-order valence-corrected chi connectivity index (χ3v) is 9.00. The first kappa shape index (κ1) is 27.6. The molecule has 1 saturated heterocycles. The number of carbonyl (C=O) groups excluding carboxylic acids is 1. The van der Waals surface area contributed by atoms with Gasteiger partial charge < -0.3 is 19.1 Å². The summed E-state index contributed by atoms with van der Waals surface area (Å²) in [6.45, 7) is 2.85. The molecule has 1 amide bonds. The number of amides is 1. The van der Waals surface area contributed by atoms with E-state index in [1.54, 1.807) is 17.0 Å². The van der Waals surface area contributed by atoms with Gasteiger partial charge in [-0.1, -0.05) is 11.3 Å². The second-order valence-corrected chi connectivity index (χ2v) is 11.8. The molecule has 0 bridgehead atoms. The smallest absolute Gasteiger partial charge is 0.260 e. The number of sulfonamides is 1. The van der Waals surface area contributed by atoms with Gasteiger partial charge in [0.25, 0.3) is 5.91 Å². The zero-order valence-corrected chi connectivity index (χ0v) is 23.0. The molecule has 200 valence electrons. The number of halogens is 1. The fourth-order valence-corrected chi connectivity index (χ4v) is 6.52. The van der Waals surface area contributed by atoms with Gasteiger partial charge in [0.15, 0.2) is 16.6 Å². The molecular formula is C24H29ClN4O6S2. The Labute approximate surface area is 226 Å². The predicted octanol–water partition coefficient (Wildman–Crippen LogP) is 3.07. The van der Waals surface area contributed by atoms with Crippen LogP contribution in [0.3, 0.4) is 0 Å². The molecule has 5 rings (SSSR count). The van der Waals surface area contributed by atoms with Crippen LogP contribution in [-0.4, -0.2) is 88.8 Å². The van der Waals surface area contributed by atoms with Gasteiger partial charge in [0.05, 0.1) is 28.3 Å². The number of nitrogens with zero attached hydrogens (tertiary/aromatic N) is 4. The zero-order valence-electron chi connectivity index (χ0n) is 20.6. The second-order valence-electron chi connectivity index (χ2n) is 8.82. The summed E-state index contributed by atoms with van der Waals surface area (Å²) in [6.07, 6.45) is 0.751. The molecular weight excluding hydrogens is 540 g/mol. The highest BCUT2D eigenvalue weighted by molar-refractivity contribution is 7.89. The lowest BCUT2D eigenvalue weighted by atomic mass is 10.2. The maximum atomic E-state index is 13.6. The van der Waals surface area contributed by atoms with Gasteiger partial charge in [-0.3, -0.25) is 9.69 Å². The van der Waals surface area contributed by atoms with E-state index in [4.69, 9.17) is 19.2 Å². The van der Waals surface area contributed by atoms with Gasteiger partial charge in [0.2, 0.25) is 16.8 Å². The van der Waals surface area contributed by atoms with Gasteiger partial charge in [-0.05, 0) is 51.3 Å². The van der Waals surface area contributed by atoms with Crippen molar-refractivity contribution < 1.29 is 27.4 Å². The lowest BCUT2D eigenvalue weighted by Crippen LogP contribution is -2.40. The average Bonchev–Trinajstić information content (AvgIpc) is 3.51. The minimum absolute atomic E-state index is 0. The molecule has 0 aliphatic carbocycles. The lowest BCUT2D eigenvalue weighted by molar-refractivity contribution is 0.0730. The molecule has 2 aromatic carbocycles. The summed E-state index contributed by atoms with van der Waals surface area (Å²) in [5.74, 6) is 1.07. The number of ether oxygens (including phenoxy) is 3. The average molecular weight is 569 g/mol. The van der Waals surface area contributed by atoms with Crippen LogP contribution in [0.25, 0.3) is 10.2 Å². The molecule has 3 heterocycles. The third kappa shape index (κ3) is 5.84. The Morgan fingerprint density at radius 2 is 1.73 bits per heavy atom. The highest BCUT2D eigenvalue weighted by atomic mass is 35.5. The molecule has 13 heteroatoms. The van der Waals surface area contributed by atoms with Gasteiger partial charge in [-0.15, -0.1) is 12.4 Å². The number of thiazole rings is 1. The van der Waals surface area contributed by atoms with Crippen LogP contribution in [0.15, 0.2) is 41.3 Å². The van der Waals surface area contributed by atoms with Crippen LogP contribution in [0.1, 0.15) is 16.8 Å². The van der Waals surface area contributed by atoms with E-state index in [1.165, 1.54) is 27.8 Å². The Balaban J connectivity index is 0.00000320. The van der Waals surface area contributed by atoms with Crippen molar-refractivity contribution in [3.8, 4) is 11.5 Å². The fourth-order valence-electron chi connectivity index (χ4n) is 4.11.